The zero-order valence-electron chi connectivity index (χ0n) is 9.44. The summed E-state index contributed by atoms with van der Waals surface area (Å²) < 4.78 is 0. The summed E-state index contributed by atoms with van der Waals surface area (Å²) in [5.74, 6) is 0.871. The van der Waals surface area contributed by atoms with Gasteiger partial charge in [-0.2, -0.15) is 0 Å². The SMILES string of the molecule is CN=C(C)N1C(/C=C(/C)N)=CC=CC1N. The Morgan fingerprint density at radius 1 is 1.53 bits per heavy atom. The van der Waals surface area contributed by atoms with Gasteiger partial charge in [0.25, 0.3) is 0 Å². The zero-order valence-corrected chi connectivity index (χ0v) is 9.44. The molecule has 1 rings (SSSR count). The molecule has 0 aromatic heterocycles. The summed E-state index contributed by atoms with van der Waals surface area (Å²) in [6.07, 6.45) is 7.52. The first-order valence-corrected chi connectivity index (χ1v) is 4.86. The van der Waals surface area contributed by atoms with E-state index in [1.807, 2.05) is 43.1 Å². The summed E-state index contributed by atoms with van der Waals surface area (Å²) in [5.41, 5.74) is 13.3. The first-order valence-electron chi connectivity index (χ1n) is 4.86. The molecular formula is C11H18N4. The van der Waals surface area contributed by atoms with Gasteiger partial charge in [-0.15, -0.1) is 0 Å². The second kappa shape index (κ2) is 4.79. The average molecular weight is 206 g/mol. The fourth-order valence-corrected chi connectivity index (χ4v) is 1.47. The van der Waals surface area contributed by atoms with Gasteiger partial charge < -0.3 is 16.4 Å². The number of allylic oxidation sites excluding steroid dienone is 4. The monoisotopic (exact) mass is 206 g/mol. The Balaban J connectivity index is 3.05. The molecule has 4 N–H and O–H groups in total. The summed E-state index contributed by atoms with van der Waals surface area (Å²) in [7, 11) is 1.75. The van der Waals surface area contributed by atoms with Crippen molar-refractivity contribution < 1.29 is 0 Å². The fourth-order valence-electron chi connectivity index (χ4n) is 1.47. The largest absolute Gasteiger partial charge is 0.402 e. The Kier molecular flexibility index (Phi) is 3.68. The van der Waals surface area contributed by atoms with Crippen LogP contribution in [0.15, 0.2) is 40.7 Å². The highest BCUT2D eigenvalue weighted by molar-refractivity contribution is 5.82. The first kappa shape index (κ1) is 11.5. The molecule has 0 aromatic rings. The van der Waals surface area contributed by atoms with E-state index in [1.165, 1.54) is 0 Å². The van der Waals surface area contributed by atoms with Crippen LogP contribution in [0, 0.1) is 0 Å². The van der Waals surface area contributed by atoms with Crippen LogP contribution in [0.3, 0.4) is 0 Å². The summed E-state index contributed by atoms with van der Waals surface area (Å²) in [4.78, 5) is 6.08. The van der Waals surface area contributed by atoms with Crippen LogP contribution in [0.2, 0.25) is 0 Å². The fraction of sp³-hybridized carbons (Fsp3) is 0.364. The van der Waals surface area contributed by atoms with Gasteiger partial charge in [0.15, 0.2) is 0 Å². The van der Waals surface area contributed by atoms with Crippen LogP contribution in [0.25, 0.3) is 0 Å². The third-order valence-corrected chi connectivity index (χ3v) is 2.20. The van der Waals surface area contributed by atoms with E-state index >= 15 is 0 Å². The molecule has 1 aliphatic rings. The topological polar surface area (TPSA) is 67.6 Å². The highest BCUT2D eigenvalue weighted by Gasteiger charge is 2.18. The maximum atomic E-state index is 5.97. The van der Waals surface area contributed by atoms with Crippen LogP contribution in [-0.2, 0) is 0 Å². The minimum atomic E-state index is -0.177. The maximum absolute atomic E-state index is 5.97. The molecule has 0 aliphatic carbocycles. The Morgan fingerprint density at radius 3 is 2.73 bits per heavy atom. The maximum Gasteiger partial charge on any atom is 0.102 e. The molecule has 0 saturated carbocycles. The van der Waals surface area contributed by atoms with E-state index < -0.39 is 0 Å². The molecule has 1 heterocycles. The van der Waals surface area contributed by atoms with Crippen molar-refractivity contribution in [2.45, 2.75) is 20.0 Å². The van der Waals surface area contributed by atoms with E-state index in [1.54, 1.807) is 7.05 Å². The molecule has 0 saturated heterocycles. The lowest BCUT2D eigenvalue weighted by atomic mass is 10.2. The van der Waals surface area contributed by atoms with Gasteiger partial charge in [0, 0.05) is 18.4 Å². The number of nitrogens with zero attached hydrogens (tertiary/aromatic N) is 2. The van der Waals surface area contributed by atoms with Crippen molar-refractivity contribution in [1.82, 2.24) is 4.90 Å². The summed E-state index contributed by atoms with van der Waals surface area (Å²) in [6, 6.07) is 0. The number of aliphatic imine (C=N–C) groups is 1. The first-order chi connectivity index (χ1) is 7.06. The molecule has 4 nitrogen and oxygen atoms in total. The van der Waals surface area contributed by atoms with E-state index in [0.717, 1.165) is 17.2 Å². The van der Waals surface area contributed by atoms with Crippen molar-refractivity contribution in [2.75, 3.05) is 7.05 Å². The Labute approximate surface area is 90.6 Å². The molecule has 82 valence electrons. The van der Waals surface area contributed by atoms with Crippen molar-refractivity contribution in [1.29, 1.82) is 0 Å². The van der Waals surface area contributed by atoms with Gasteiger partial charge in [0.05, 0.1) is 0 Å². The second-order valence-electron chi connectivity index (χ2n) is 3.50. The summed E-state index contributed by atoms with van der Waals surface area (Å²) >= 11 is 0. The smallest absolute Gasteiger partial charge is 0.102 e. The molecule has 4 heteroatoms. The summed E-state index contributed by atoms with van der Waals surface area (Å²) in [6.45, 7) is 3.77. The number of rotatable bonds is 1. The van der Waals surface area contributed by atoms with Crippen molar-refractivity contribution in [3.63, 3.8) is 0 Å². The lowest BCUT2D eigenvalue weighted by molar-refractivity contribution is 0.447. The zero-order chi connectivity index (χ0) is 11.4. The van der Waals surface area contributed by atoms with Gasteiger partial charge in [-0.3, -0.25) is 4.99 Å². The predicted molar refractivity (Wildman–Crippen MR) is 64.0 cm³/mol. The normalized spacial score (nSPS) is 23.1. The molecule has 0 spiro atoms. The average Bonchev–Trinajstić information content (AvgIpc) is 2.16. The highest BCUT2D eigenvalue weighted by Crippen LogP contribution is 2.16. The molecule has 0 bridgehead atoms. The minimum absolute atomic E-state index is 0.177. The molecule has 0 aromatic carbocycles. The lowest BCUT2D eigenvalue weighted by Gasteiger charge is -2.31. The van der Waals surface area contributed by atoms with Gasteiger partial charge in [-0.1, -0.05) is 6.08 Å². The van der Waals surface area contributed by atoms with Crippen LogP contribution in [0.1, 0.15) is 13.8 Å². The van der Waals surface area contributed by atoms with Crippen LogP contribution in [0.4, 0.5) is 0 Å². The van der Waals surface area contributed by atoms with E-state index in [9.17, 15) is 0 Å². The Morgan fingerprint density at radius 2 is 2.20 bits per heavy atom. The third kappa shape index (κ3) is 2.70. The molecular weight excluding hydrogens is 188 g/mol. The predicted octanol–water partition coefficient (Wildman–Crippen LogP) is 0.938. The van der Waals surface area contributed by atoms with Crippen molar-refractivity contribution in [3.05, 3.63) is 35.7 Å². The third-order valence-electron chi connectivity index (χ3n) is 2.20. The quantitative estimate of drug-likeness (QED) is 0.495. The van der Waals surface area contributed by atoms with Crippen LogP contribution in [-0.4, -0.2) is 23.9 Å². The minimum Gasteiger partial charge on any atom is -0.402 e. The lowest BCUT2D eigenvalue weighted by Crippen LogP contribution is -2.43. The second-order valence-corrected chi connectivity index (χ2v) is 3.50. The van der Waals surface area contributed by atoms with Gasteiger partial charge in [-0.25, -0.2) is 0 Å². The molecule has 15 heavy (non-hydrogen) atoms. The van der Waals surface area contributed by atoms with E-state index in [-0.39, 0.29) is 6.17 Å². The van der Waals surface area contributed by atoms with E-state index in [2.05, 4.69) is 4.99 Å². The van der Waals surface area contributed by atoms with Crippen LogP contribution < -0.4 is 11.5 Å². The number of hydrogen-bond acceptors (Lipinski definition) is 3. The molecule has 1 aliphatic heterocycles. The van der Waals surface area contributed by atoms with E-state index in [4.69, 9.17) is 11.5 Å². The Bertz CT molecular complexity index is 346. The molecule has 0 radical (unpaired) electrons. The molecule has 1 atom stereocenters. The van der Waals surface area contributed by atoms with Crippen LogP contribution >= 0.6 is 0 Å². The number of amidine groups is 1. The van der Waals surface area contributed by atoms with Crippen molar-refractivity contribution in [3.8, 4) is 0 Å². The standard InChI is InChI=1S/C11H18N4/c1-8(12)7-10-5-4-6-11(13)15(10)9(2)14-3/h4-7,11H,12-13H2,1-3H3/b8-7-,14-9?. The number of hydrogen-bond donors (Lipinski definition) is 2. The van der Waals surface area contributed by atoms with Crippen molar-refractivity contribution in [2.24, 2.45) is 16.5 Å². The molecule has 1 unspecified atom stereocenters. The molecule has 0 amide bonds. The van der Waals surface area contributed by atoms with Gasteiger partial charge in [0.1, 0.15) is 12.0 Å². The van der Waals surface area contributed by atoms with Gasteiger partial charge in [-0.05, 0) is 32.1 Å². The van der Waals surface area contributed by atoms with Gasteiger partial charge in [0.2, 0.25) is 0 Å². The van der Waals surface area contributed by atoms with Crippen LogP contribution in [0.5, 0.6) is 0 Å². The van der Waals surface area contributed by atoms with Crippen molar-refractivity contribution >= 4 is 5.84 Å². The molecule has 0 fully saturated rings. The summed E-state index contributed by atoms with van der Waals surface area (Å²) in [5, 5.41) is 0. The van der Waals surface area contributed by atoms with E-state index in [0.29, 0.717) is 0 Å². The van der Waals surface area contributed by atoms with Gasteiger partial charge >= 0.3 is 0 Å². The highest BCUT2D eigenvalue weighted by atomic mass is 15.3. The Hall–Kier alpha value is -1.55. The number of nitrogens with two attached hydrogens (primary N) is 2.